The molecule has 1 heterocycles. The van der Waals surface area contributed by atoms with Crippen molar-refractivity contribution >= 4 is 21.7 Å². The number of nitrogen functional groups attached to an aromatic ring is 1. The van der Waals surface area contributed by atoms with Crippen LogP contribution in [0.15, 0.2) is 28.7 Å². The number of aromatic nitrogens is 2. The van der Waals surface area contributed by atoms with Gasteiger partial charge in [0.1, 0.15) is 11.6 Å². The van der Waals surface area contributed by atoms with E-state index >= 15 is 0 Å². The van der Waals surface area contributed by atoms with Crippen molar-refractivity contribution in [3.05, 3.63) is 34.4 Å². The molecule has 0 aliphatic heterocycles. The van der Waals surface area contributed by atoms with Gasteiger partial charge in [-0.05, 0) is 24.1 Å². The lowest BCUT2D eigenvalue weighted by atomic mass is 10.1. The molecule has 0 amide bonds. The summed E-state index contributed by atoms with van der Waals surface area (Å²) in [5.41, 5.74) is 7.65. The van der Waals surface area contributed by atoms with Gasteiger partial charge in [-0.3, -0.25) is 0 Å². The molecule has 5 heteroatoms. The number of hydrogen-bond acceptors (Lipinski definition) is 4. The Morgan fingerprint density at radius 3 is 2.58 bits per heavy atom. The van der Waals surface area contributed by atoms with Crippen LogP contribution in [0, 0.1) is 0 Å². The predicted molar refractivity (Wildman–Crippen MR) is 80.2 cm³/mol. The molecule has 2 rings (SSSR count). The first-order chi connectivity index (χ1) is 9.01. The van der Waals surface area contributed by atoms with Gasteiger partial charge in [0.2, 0.25) is 0 Å². The summed E-state index contributed by atoms with van der Waals surface area (Å²) < 4.78 is 6.14. The van der Waals surface area contributed by atoms with E-state index in [4.69, 9.17) is 10.5 Å². The van der Waals surface area contributed by atoms with Gasteiger partial charge >= 0.3 is 0 Å². The molecule has 0 aliphatic carbocycles. The van der Waals surface area contributed by atoms with E-state index in [9.17, 15) is 0 Å². The van der Waals surface area contributed by atoms with Crippen molar-refractivity contribution in [3.8, 4) is 17.1 Å². The van der Waals surface area contributed by atoms with E-state index in [0.717, 1.165) is 21.5 Å². The number of nitrogens with two attached hydrogens (primary N) is 1. The van der Waals surface area contributed by atoms with E-state index in [1.807, 2.05) is 24.3 Å². The molecule has 1 aromatic carbocycles. The monoisotopic (exact) mass is 321 g/mol. The molecule has 0 saturated carbocycles. The zero-order chi connectivity index (χ0) is 14.0. The fourth-order valence-electron chi connectivity index (χ4n) is 1.70. The Kier molecular flexibility index (Phi) is 4.04. The van der Waals surface area contributed by atoms with Crippen LogP contribution in [0.25, 0.3) is 11.4 Å². The smallest absolute Gasteiger partial charge is 0.163 e. The van der Waals surface area contributed by atoms with Gasteiger partial charge < -0.3 is 10.5 Å². The Balaban J connectivity index is 2.58. The summed E-state index contributed by atoms with van der Waals surface area (Å²) in [5.74, 6) is 2.14. The Morgan fingerprint density at radius 1 is 1.21 bits per heavy atom. The Bertz CT molecular complexity index is 599. The molecule has 2 N–H and O–H groups in total. The summed E-state index contributed by atoms with van der Waals surface area (Å²) in [7, 11) is 1.63. The number of benzene rings is 1. The molecule has 19 heavy (non-hydrogen) atoms. The van der Waals surface area contributed by atoms with Gasteiger partial charge in [0.05, 0.1) is 7.11 Å². The fraction of sp³-hybridized carbons (Fsp3) is 0.286. The third kappa shape index (κ3) is 3.04. The average Bonchev–Trinajstić information content (AvgIpc) is 2.38. The molecule has 0 radical (unpaired) electrons. The minimum atomic E-state index is 0.299. The molecule has 1 aromatic heterocycles. The molecule has 100 valence electrons. The number of ether oxygens (including phenoxy) is 1. The highest BCUT2D eigenvalue weighted by molar-refractivity contribution is 9.10. The first-order valence-corrected chi connectivity index (χ1v) is 6.79. The normalized spacial score (nSPS) is 10.8. The van der Waals surface area contributed by atoms with Crippen LogP contribution in [-0.2, 0) is 0 Å². The van der Waals surface area contributed by atoms with Gasteiger partial charge in [0.15, 0.2) is 5.82 Å². The number of hydrogen-bond donors (Lipinski definition) is 1. The van der Waals surface area contributed by atoms with E-state index in [-0.39, 0.29) is 0 Å². The molecule has 4 nitrogen and oxygen atoms in total. The van der Waals surface area contributed by atoms with Crippen LogP contribution in [-0.4, -0.2) is 17.1 Å². The third-order valence-electron chi connectivity index (χ3n) is 2.77. The van der Waals surface area contributed by atoms with Crippen LogP contribution in [0.3, 0.4) is 0 Å². The maximum Gasteiger partial charge on any atom is 0.163 e. The summed E-state index contributed by atoms with van der Waals surface area (Å²) >= 11 is 3.51. The van der Waals surface area contributed by atoms with E-state index in [1.54, 1.807) is 7.11 Å². The highest BCUT2D eigenvalue weighted by Crippen LogP contribution is 2.30. The summed E-state index contributed by atoms with van der Waals surface area (Å²) in [4.78, 5) is 8.87. The lowest BCUT2D eigenvalue weighted by Crippen LogP contribution is -2.02. The number of methoxy groups -OCH3 is 1. The molecule has 0 atom stereocenters. The van der Waals surface area contributed by atoms with Crippen molar-refractivity contribution in [2.45, 2.75) is 19.8 Å². The summed E-state index contributed by atoms with van der Waals surface area (Å²) in [6.07, 6.45) is 0. The highest BCUT2D eigenvalue weighted by atomic mass is 79.9. The van der Waals surface area contributed by atoms with Crippen molar-refractivity contribution in [2.24, 2.45) is 0 Å². The second kappa shape index (κ2) is 5.57. The molecular weight excluding hydrogens is 306 g/mol. The molecule has 0 aliphatic rings. The van der Waals surface area contributed by atoms with Crippen molar-refractivity contribution in [3.63, 3.8) is 0 Å². The molecule has 0 fully saturated rings. The van der Waals surface area contributed by atoms with Crippen molar-refractivity contribution in [1.82, 2.24) is 9.97 Å². The summed E-state index contributed by atoms with van der Waals surface area (Å²) in [5, 5.41) is 0. The zero-order valence-corrected chi connectivity index (χ0v) is 12.7. The Hall–Kier alpha value is -1.62. The second-order valence-electron chi connectivity index (χ2n) is 4.54. The van der Waals surface area contributed by atoms with Crippen LogP contribution in [0.4, 0.5) is 5.82 Å². The molecule has 0 saturated heterocycles. The van der Waals surface area contributed by atoms with E-state index < -0.39 is 0 Å². The van der Waals surface area contributed by atoms with E-state index in [2.05, 4.69) is 39.7 Å². The predicted octanol–water partition coefficient (Wildman–Crippen LogP) is 3.62. The first-order valence-electron chi connectivity index (χ1n) is 5.99. The Morgan fingerprint density at radius 2 is 1.95 bits per heavy atom. The standard InChI is InChI=1S/C14H16BrN3O/c1-8(2)12-7-13(16)18-14(17-12)10-6-9(19-3)4-5-11(10)15/h4-8H,1-3H3,(H2,16,17,18). The SMILES string of the molecule is COc1ccc(Br)c(-c2nc(N)cc(C(C)C)n2)c1. The van der Waals surface area contributed by atoms with Gasteiger partial charge in [-0.1, -0.05) is 29.8 Å². The number of nitrogens with zero attached hydrogens (tertiary/aromatic N) is 2. The molecule has 2 aromatic rings. The van der Waals surface area contributed by atoms with Crippen LogP contribution in [0.1, 0.15) is 25.5 Å². The molecule has 0 spiro atoms. The molecule has 0 unspecified atom stereocenters. The third-order valence-corrected chi connectivity index (χ3v) is 3.46. The van der Waals surface area contributed by atoms with Crippen molar-refractivity contribution < 1.29 is 4.74 Å². The van der Waals surface area contributed by atoms with E-state index in [0.29, 0.717) is 17.6 Å². The largest absolute Gasteiger partial charge is 0.497 e. The van der Waals surface area contributed by atoms with Gasteiger partial charge in [-0.25, -0.2) is 9.97 Å². The molecule has 0 bridgehead atoms. The van der Waals surface area contributed by atoms with Crippen LogP contribution >= 0.6 is 15.9 Å². The summed E-state index contributed by atoms with van der Waals surface area (Å²) in [6, 6.07) is 7.49. The fourth-order valence-corrected chi connectivity index (χ4v) is 2.13. The zero-order valence-electron chi connectivity index (χ0n) is 11.1. The Labute approximate surface area is 121 Å². The van der Waals surface area contributed by atoms with Crippen molar-refractivity contribution in [2.75, 3.05) is 12.8 Å². The molecular formula is C14H16BrN3O. The maximum atomic E-state index is 5.86. The average molecular weight is 322 g/mol. The number of rotatable bonds is 3. The quantitative estimate of drug-likeness (QED) is 0.937. The van der Waals surface area contributed by atoms with Crippen LogP contribution in [0.2, 0.25) is 0 Å². The first kappa shape index (κ1) is 13.8. The lowest BCUT2D eigenvalue weighted by Gasteiger charge is -2.10. The van der Waals surface area contributed by atoms with Gasteiger partial charge in [0.25, 0.3) is 0 Å². The van der Waals surface area contributed by atoms with Crippen LogP contribution in [0.5, 0.6) is 5.75 Å². The topological polar surface area (TPSA) is 61.0 Å². The summed E-state index contributed by atoms with van der Waals surface area (Å²) in [6.45, 7) is 4.15. The minimum absolute atomic E-state index is 0.299. The van der Waals surface area contributed by atoms with E-state index in [1.165, 1.54) is 0 Å². The second-order valence-corrected chi connectivity index (χ2v) is 5.40. The highest BCUT2D eigenvalue weighted by Gasteiger charge is 2.11. The van der Waals surface area contributed by atoms with Gasteiger partial charge in [-0.15, -0.1) is 0 Å². The van der Waals surface area contributed by atoms with Crippen molar-refractivity contribution in [1.29, 1.82) is 0 Å². The number of halogens is 1. The van der Waals surface area contributed by atoms with Gasteiger partial charge in [0, 0.05) is 21.8 Å². The van der Waals surface area contributed by atoms with Crippen LogP contribution < -0.4 is 10.5 Å². The van der Waals surface area contributed by atoms with Gasteiger partial charge in [-0.2, -0.15) is 0 Å². The number of anilines is 1. The lowest BCUT2D eigenvalue weighted by molar-refractivity contribution is 0.415. The maximum absolute atomic E-state index is 5.86. The minimum Gasteiger partial charge on any atom is -0.497 e.